The van der Waals surface area contributed by atoms with E-state index in [-0.39, 0.29) is 5.82 Å². The van der Waals surface area contributed by atoms with Crippen LogP contribution < -0.4 is 5.32 Å². The van der Waals surface area contributed by atoms with E-state index in [1.807, 2.05) is 25.1 Å². The highest BCUT2D eigenvalue weighted by atomic mass is 19.1. The Bertz CT molecular complexity index is 600. The van der Waals surface area contributed by atoms with Crippen molar-refractivity contribution in [3.8, 4) is 6.07 Å². The molecule has 2 nitrogen and oxygen atoms in total. The normalized spacial score (nSPS) is 9.83. The fourth-order valence-corrected chi connectivity index (χ4v) is 1.78. The lowest BCUT2D eigenvalue weighted by Gasteiger charge is -2.10. The van der Waals surface area contributed by atoms with Gasteiger partial charge in [-0.25, -0.2) is 4.39 Å². The van der Waals surface area contributed by atoms with Crippen molar-refractivity contribution in [2.24, 2.45) is 0 Å². The predicted molar refractivity (Wildman–Crippen MR) is 69.6 cm³/mol. The summed E-state index contributed by atoms with van der Waals surface area (Å²) in [6.07, 6.45) is 0. The standard InChI is InChI=1S/C15H13FN2/c1-11-8-14(16)7-6-13(11)10-18-15-5-3-2-4-12(15)9-17/h2-8,18H,10H2,1H3. The summed E-state index contributed by atoms with van der Waals surface area (Å²) in [5.41, 5.74) is 3.32. The van der Waals surface area contributed by atoms with E-state index in [1.165, 1.54) is 12.1 Å². The Hall–Kier alpha value is -2.34. The van der Waals surface area contributed by atoms with Gasteiger partial charge in [-0.2, -0.15) is 5.26 Å². The first kappa shape index (κ1) is 12.1. The van der Waals surface area contributed by atoms with Crippen LogP contribution >= 0.6 is 0 Å². The second-order valence-electron chi connectivity index (χ2n) is 4.08. The molecule has 0 atom stereocenters. The topological polar surface area (TPSA) is 35.8 Å². The molecular formula is C15H13FN2. The van der Waals surface area contributed by atoms with Gasteiger partial charge in [-0.15, -0.1) is 0 Å². The van der Waals surface area contributed by atoms with Crippen molar-refractivity contribution in [1.29, 1.82) is 5.26 Å². The smallest absolute Gasteiger partial charge is 0.123 e. The summed E-state index contributed by atoms with van der Waals surface area (Å²) >= 11 is 0. The molecular weight excluding hydrogens is 227 g/mol. The van der Waals surface area contributed by atoms with Crippen molar-refractivity contribution in [2.45, 2.75) is 13.5 Å². The van der Waals surface area contributed by atoms with Gasteiger partial charge < -0.3 is 5.32 Å². The summed E-state index contributed by atoms with van der Waals surface area (Å²) in [5.74, 6) is -0.228. The first-order chi connectivity index (χ1) is 8.70. The molecule has 0 saturated heterocycles. The number of aryl methyl sites for hydroxylation is 1. The third-order valence-electron chi connectivity index (χ3n) is 2.82. The highest BCUT2D eigenvalue weighted by molar-refractivity contribution is 5.57. The van der Waals surface area contributed by atoms with Crippen molar-refractivity contribution >= 4 is 5.69 Å². The SMILES string of the molecule is Cc1cc(F)ccc1CNc1ccccc1C#N. The summed E-state index contributed by atoms with van der Waals surface area (Å²) in [6.45, 7) is 2.45. The van der Waals surface area contributed by atoms with Crippen LogP contribution in [-0.4, -0.2) is 0 Å². The zero-order valence-electron chi connectivity index (χ0n) is 10.1. The fourth-order valence-electron chi connectivity index (χ4n) is 1.78. The molecule has 2 aromatic carbocycles. The van der Waals surface area contributed by atoms with Gasteiger partial charge >= 0.3 is 0 Å². The van der Waals surface area contributed by atoms with Gasteiger partial charge in [0.25, 0.3) is 0 Å². The minimum absolute atomic E-state index is 0.228. The Labute approximate surface area is 106 Å². The minimum atomic E-state index is -0.228. The molecule has 90 valence electrons. The Morgan fingerprint density at radius 2 is 2.00 bits per heavy atom. The molecule has 0 bridgehead atoms. The van der Waals surface area contributed by atoms with E-state index in [0.29, 0.717) is 12.1 Å². The molecule has 0 aromatic heterocycles. The van der Waals surface area contributed by atoms with E-state index < -0.39 is 0 Å². The number of para-hydroxylation sites is 1. The van der Waals surface area contributed by atoms with Crippen molar-refractivity contribution in [3.05, 3.63) is 65.0 Å². The maximum Gasteiger partial charge on any atom is 0.123 e. The lowest BCUT2D eigenvalue weighted by atomic mass is 10.1. The second kappa shape index (κ2) is 5.33. The second-order valence-corrected chi connectivity index (χ2v) is 4.08. The van der Waals surface area contributed by atoms with Crippen molar-refractivity contribution < 1.29 is 4.39 Å². The van der Waals surface area contributed by atoms with Gasteiger partial charge in [0.15, 0.2) is 0 Å². The fraction of sp³-hybridized carbons (Fsp3) is 0.133. The third-order valence-corrected chi connectivity index (χ3v) is 2.82. The summed E-state index contributed by atoms with van der Waals surface area (Å²) in [4.78, 5) is 0. The van der Waals surface area contributed by atoms with E-state index in [4.69, 9.17) is 5.26 Å². The molecule has 0 fully saturated rings. The van der Waals surface area contributed by atoms with Crippen LogP contribution in [0.1, 0.15) is 16.7 Å². The van der Waals surface area contributed by atoms with Gasteiger partial charge in [-0.05, 0) is 42.3 Å². The van der Waals surface area contributed by atoms with Gasteiger partial charge in [0.05, 0.1) is 11.3 Å². The van der Waals surface area contributed by atoms with Crippen molar-refractivity contribution in [3.63, 3.8) is 0 Å². The Balaban J connectivity index is 2.14. The number of halogens is 1. The third kappa shape index (κ3) is 2.67. The molecule has 0 amide bonds. The molecule has 1 N–H and O–H groups in total. The monoisotopic (exact) mass is 240 g/mol. The van der Waals surface area contributed by atoms with Crippen LogP contribution in [0.5, 0.6) is 0 Å². The number of hydrogen-bond donors (Lipinski definition) is 1. The van der Waals surface area contributed by atoms with Crippen LogP contribution in [-0.2, 0) is 6.54 Å². The molecule has 0 aliphatic heterocycles. The zero-order valence-corrected chi connectivity index (χ0v) is 10.1. The van der Waals surface area contributed by atoms with E-state index in [2.05, 4.69) is 11.4 Å². The minimum Gasteiger partial charge on any atom is -0.380 e. The molecule has 0 saturated carbocycles. The van der Waals surface area contributed by atoms with Gasteiger partial charge in [0.2, 0.25) is 0 Å². The van der Waals surface area contributed by atoms with Crippen molar-refractivity contribution in [1.82, 2.24) is 0 Å². The average Bonchev–Trinajstić information content (AvgIpc) is 2.38. The van der Waals surface area contributed by atoms with Crippen LogP contribution in [0.3, 0.4) is 0 Å². The van der Waals surface area contributed by atoms with Gasteiger partial charge in [0.1, 0.15) is 11.9 Å². The number of anilines is 1. The Morgan fingerprint density at radius 3 is 2.72 bits per heavy atom. The number of nitrogens with one attached hydrogen (secondary N) is 1. The molecule has 0 heterocycles. The van der Waals surface area contributed by atoms with Crippen LogP contribution in [0, 0.1) is 24.1 Å². The Morgan fingerprint density at radius 1 is 1.22 bits per heavy atom. The van der Waals surface area contributed by atoms with E-state index in [9.17, 15) is 4.39 Å². The van der Waals surface area contributed by atoms with E-state index in [1.54, 1.807) is 12.1 Å². The molecule has 0 aliphatic rings. The van der Waals surface area contributed by atoms with E-state index in [0.717, 1.165) is 16.8 Å². The van der Waals surface area contributed by atoms with Crippen LogP contribution in [0.25, 0.3) is 0 Å². The maximum atomic E-state index is 13.0. The lowest BCUT2D eigenvalue weighted by molar-refractivity contribution is 0.625. The number of hydrogen-bond acceptors (Lipinski definition) is 2. The lowest BCUT2D eigenvalue weighted by Crippen LogP contribution is -2.03. The first-order valence-electron chi connectivity index (χ1n) is 5.69. The zero-order chi connectivity index (χ0) is 13.0. The van der Waals surface area contributed by atoms with Gasteiger partial charge in [0, 0.05) is 6.54 Å². The van der Waals surface area contributed by atoms with E-state index >= 15 is 0 Å². The number of nitriles is 1. The number of benzene rings is 2. The molecule has 2 rings (SSSR count). The molecule has 0 aliphatic carbocycles. The molecule has 18 heavy (non-hydrogen) atoms. The van der Waals surface area contributed by atoms with Gasteiger partial charge in [-0.1, -0.05) is 18.2 Å². The summed E-state index contributed by atoms with van der Waals surface area (Å²) < 4.78 is 13.0. The van der Waals surface area contributed by atoms with Gasteiger partial charge in [-0.3, -0.25) is 0 Å². The molecule has 2 aromatic rings. The summed E-state index contributed by atoms with van der Waals surface area (Å²) in [6, 6.07) is 14.2. The predicted octanol–water partition coefficient (Wildman–Crippen LogP) is 3.62. The van der Waals surface area contributed by atoms with Crippen molar-refractivity contribution in [2.75, 3.05) is 5.32 Å². The summed E-state index contributed by atoms with van der Waals surface area (Å²) in [7, 11) is 0. The summed E-state index contributed by atoms with van der Waals surface area (Å²) in [5, 5.41) is 12.2. The molecule has 0 radical (unpaired) electrons. The molecule has 3 heteroatoms. The first-order valence-corrected chi connectivity index (χ1v) is 5.69. The maximum absolute atomic E-state index is 13.0. The molecule has 0 spiro atoms. The Kier molecular flexibility index (Phi) is 3.59. The van der Waals surface area contributed by atoms with Crippen LogP contribution in [0.15, 0.2) is 42.5 Å². The molecule has 0 unspecified atom stereocenters. The highest BCUT2D eigenvalue weighted by Crippen LogP contribution is 2.16. The largest absolute Gasteiger partial charge is 0.380 e. The van der Waals surface area contributed by atoms with Crippen LogP contribution in [0.2, 0.25) is 0 Å². The average molecular weight is 240 g/mol. The highest BCUT2D eigenvalue weighted by Gasteiger charge is 2.02. The quantitative estimate of drug-likeness (QED) is 0.889. The number of nitrogens with zero attached hydrogens (tertiary/aromatic N) is 1. The van der Waals surface area contributed by atoms with Crippen LogP contribution in [0.4, 0.5) is 10.1 Å². The number of rotatable bonds is 3.